The van der Waals surface area contributed by atoms with Crippen molar-refractivity contribution in [3.63, 3.8) is 0 Å². The molecule has 0 saturated carbocycles. The van der Waals surface area contributed by atoms with Gasteiger partial charge in [-0.1, -0.05) is 12.1 Å². The Kier molecular flexibility index (Phi) is 4.94. The molecule has 2 aromatic rings. The van der Waals surface area contributed by atoms with Crippen LogP contribution in [0, 0.1) is 5.82 Å². The summed E-state index contributed by atoms with van der Waals surface area (Å²) in [5, 5.41) is 7.31. The first kappa shape index (κ1) is 17.1. The lowest BCUT2D eigenvalue weighted by Gasteiger charge is -2.35. The summed E-state index contributed by atoms with van der Waals surface area (Å²) in [6.45, 7) is 3.22. The first-order chi connectivity index (χ1) is 12.7. The van der Waals surface area contributed by atoms with Crippen molar-refractivity contribution in [2.45, 2.75) is 31.5 Å². The molecule has 2 aliphatic heterocycles. The van der Waals surface area contributed by atoms with Crippen LogP contribution in [0.25, 0.3) is 0 Å². The summed E-state index contributed by atoms with van der Waals surface area (Å²) in [5.41, 5.74) is 0.654. The molecule has 4 rings (SSSR count). The maximum absolute atomic E-state index is 13.8. The highest BCUT2D eigenvalue weighted by molar-refractivity contribution is 5.83. The fourth-order valence-corrected chi connectivity index (χ4v) is 3.72. The van der Waals surface area contributed by atoms with Crippen molar-refractivity contribution in [1.29, 1.82) is 0 Å². The zero-order valence-corrected chi connectivity index (χ0v) is 14.5. The molecule has 0 aliphatic carbocycles. The number of ether oxygens (including phenoxy) is 1. The number of aromatic nitrogens is 3. The molecule has 1 aromatic carbocycles. The molecule has 2 aliphatic rings. The number of benzene rings is 1. The normalized spacial score (nSPS) is 21.8. The number of hydrogen-bond donors (Lipinski definition) is 1. The highest BCUT2D eigenvalue weighted by Crippen LogP contribution is 2.27. The third-order valence-electron chi connectivity index (χ3n) is 4.96. The highest BCUT2D eigenvalue weighted by Gasteiger charge is 2.32. The predicted octanol–water partition coefficient (Wildman–Crippen LogP) is 1.44. The lowest BCUT2D eigenvalue weighted by atomic mass is 10.0. The van der Waals surface area contributed by atoms with E-state index < -0.39 is 6.04 Å². The quantitative estimate of drug-likeness (QED) is 0.894. The highest BCUT2D eigenvalue weighted by atomic mass is 19.1. The Bertz CT molecular complexity index is 774. The summed E-state index contributed by atoms with van der Waals surface area (Å²) in [6, 6.07) is 5.54. The Morgan fingerprint density at radius 3 is 2.96 bits per heavy atom. The van der Waals surface area contributed by atoms with Gasteiger partial charge in [0.15, 0.2) is 0 Å². The van der Waals surface area contributed by atoms with Crippen LogP contribution in [-0.2, 0) is 16.1 Å². The summed E-state index contributed by atoms with van der Waals surface area (Å²) in [5.74, 6) is 0.300. The van der Waals surface area contributed by atoms with Crippen molar-refractivity contribution in [3.05, 3.63) is 47.8 Å². The number of carbonyl (C=O) groups is 1. The van der Waals surface area contributed by atoms with Gasteiger partial charge < -0.3 is 10.1 Å². The number of carbonyl (C=O) groups excluding carboxylic acids is 1. The minimum Gasteiger partial charge on any atom is -0.379 e. The monoisotopic (exact) mass is 359 g/mol. The van der Waals surface area contributed by atoms with Crippen molar-refractivity contribution in [3.8, 4) is 0 Å². The van der Waals surface area contributed by atoms with Crippen LogP contribution in [0.2, 0.25) is 0 Å². The second-order valence-corrected chi connectivity index (χ2v) is 6.65. The second kappa shape index (κ2) is 7.51. The van der Waals surface area contributed by atoms with Gasteiger partial charge in [0.1, 0.15) is 24.0 Å². The Morgan fingerprint density at radius 2 is 2.15 bits per heavy atom. The maximum Gasteiger partial charge on any atom is 0.242 e. The van der Waals surface area contributed by atoms with Crippen molar-refractivity contribution in [2.24, 2.45) is 0 Å². The number of aryl methyl sites for hydroxylation is 1. The van der Waals surface area contributed by atoms with Gasteiger partial charge in [-0.15, -0.1) is 0 Å². The van der Waals surface area contributed by atoms with Gasteiger partial charge in [-0.3, -0.25) is 9.69 Å². The van der Waals surface area contributed by atoms with E-state index in [9.17, 15) is 9.18 Å². The van der Waals surface area contributed by atoms with E-state index in [2.05, 4.69) is 15.4 Å². The Balaban J connectivity index is 1.58. The molecule has 2 atom stereocenters. The smallest absolute Gasteiger partial charge is 0.242 e. The van der Waals surface area contributed by atoms with Gasteiger partial charge in [0.05, 0.1) is 19.3 Å². The van der Waals surface area contributed by atoms with E-state index in [1.165, 1.54) is 18.5 Å². The molecule has 0 radical (unpaired) electrons. The lowest BCUT2D eigenvalue weighted by Crippen LogP contribution is -2.47. The average Bonchev–Trinajstić information content (AvgIpc) is 3.13. The van der Waals surface area contributed by atoms with Crippen molar-refractivity contribution < 1.29 is 13.9 Å². The maximum atomic E-state index is 13.8. The van der Waals surface area contributed by atoms with E-state index in [1.807, 2.05) is 9.58 Å². The molecule has 138 valence electrons. The third-order valence-corrected chi connectivity index (χ3v) is 4.96. The zero-order chi connectivity index (χ0) is 17.9. The van der Waals surface area contributed by atoms with E-state index in [-0.39, 0.29) is 17.8 Å². The van der Waals surface area contributed by atoms with Gasteiger partial charge in [-0.25, -0.2) is 14.1 Å². The SMILES string of the molecule is O=C(NC1CCCn2ncnc21)C(c1cccc(F)c1)N1CCOCC1. The van der Waals surface area contributed by atoms with Crippen LogP contribution in [0.1, 0.15) is 36.3 Å². The van der Waals surface area contributed by atoms with E-state index in [0.29, 0.717) is 31.9 Å². The molecule has 0 bridgehead atoms. The van der Waals surface area contributed by atoms with Crippen LogP contribution < -0.4 is 5.32 Å². The van der Waals surface area contributed by atoms with Gasteiger partial charge >= 0.3 is 0 Å². The molecule has 8 heteroatoms. The molecular weight excluding hydrogens is 337 g/mol. The minimum absolute atomic E-state index is 0.140. The number of nitrogens with zero attached hydrogens (tertiary/aromatic N) is 4. The Hall–Kier alpha value is -2.32. The summed E-state index contributed by atoms with van der Waals surface area (Å²) in [7, 11) is 0. The molecule has 0 spiro atoms. The fraction of sp³-hybridized carbons (Fsp3) is 0.500. The van der Waals surface area contributed by atoms with E-state index in [4.69, 9.17) is 4.74 Å². The van der Waals surface area contributed by atoms with Gasteiger partial charge in [0, 0.05) is 19.6 Å². The predicted molar refractivity (Wildman–Crippen MR) is 91.7 cm³/mol. The number of nitrogens with one attached hydrogen (secondary N) is 1. The van der Waals surface area contributed by atoms with Crippen molar-refractivity contribution in [1.82, 2.24) is 25.0 Å². The summed E-state index contributed by atoms with van der Waals surface area (Å²) in [4.78, 5) is 19.5. The standard InChI is InChI=1S/C18H22FN5O2/c19-14-4-1-3-13(11-14)16(23-7-9-26-10-8-23)18(25)22-15-5-2-6-24-17(15)20-12-21-24/h1,3-4,11-12,15-16H,2,5-10H2,(H,22,25). The molecule has 1 N–H and O–H groups in total. The van der Waals surface area contributed by atoms with E-state index in [1.54, 1.807) is 12.1 Å². The topological polar surface area (TPSA) is 72.3 Å². The summed E-state index contributed by atoms with van der Waals surface area (Å²) >= 11 is 0. The molecule has 1 saturated heterocycles. The van der Waals surface area contributed by atoms with Gasteiger partial charge in [0.2, 0.25) is 5.91 Å². The van der Waals surface area contributed by atoms with Crippen LogP contribution in [0.15, 0.2) is 30.6 Å². The van der Waals surface area contributed by atoms with E-state index >= 15 is 0 Å². The molecular formula is C18H22FN5O2. The first-order valence-corrected chi connectivity index (χ1v) is 8.98. The Morgan fingerprint density at radius 1 is 1.31 bits per heavy atom. The first-order valence-electron chi connectivity index (χ1n) is 8.98. The molecule has 7 nitrogen and oxygen atoms in total. The molecule has 1 amide bonds. The van der Waals surface area contributed by atoms with Crippen molar-refractivity contribution in [2.75, 3.05) is 26.3 Å². The average molecular weight is 359 g/mol. The molecule has 3 heterocycles. The molecule has 1 aromatic heterocycles. The van der Waals surface area contributed by atoms with Crippen LogP contribution >= 0.6 is 0 Å². The number of rotatable bonds is 4. The van der Waals surface area contributed by atoms with E-state index in [0.717, 1.165) is 25.2 Å². The number of hydrogen-bond acceptors (Lipinski definition) is 5. The number of amides is 1. The van der Waals surface area contributed by atoms with Gasteiger partial charge in [-0.05, 0) is 30.5 Å². The Labute approximate surface area is 151 Å². The number of fused-ring (bicyclic) bond motifs is 1. The number of halogens is 1. The third kappa shape index (κ3) is 3.47. The van der Waals surface area contributed by atoms with Gasteiger partial charge in [-0.2, -0.15) is 5.10 Å². The number of morpholine rings is 1. The fourth-order valence-electron chi connectivity index (χ4n) is 3.72. The van der Waals surface area contributed by atoms with Crippen LogP contribution in [-0.4, -0.2) is 51.9 Å². The molecule has 1 fully saturated rings. The van der Waals surface area contributed by atoms with Crippen LogP contribution in [0.5, 0.6) is 0 Å². The molecule has 2 unspecified atom stereocenters. The minimum atomic E-state index is -0.548. The lowest BCUT2D eigenvalue weighted by molar-refractivity contribution is -0.129. The van der Waals surface area contributed by atoms with Gasteiger partial charge in [0.25, 0.3) is 0 Å². The summed E-state index contributed by atoms with van der Waals surface area (Å²) in [6.07, 6.45) is 3.28. The zero-order valence-electron chi connectivity index (χ0n) is 14.5. The second-order valence-electron chi connectivity index (χ2n) is 6.65. The van der Waals surface area contributed by atoms with Crippen LogP contribution in [0.4, 0.5) is 4.39 Å². The molecule has 26 heavy (non-hydrogen) atoms. The largest absolute Gasteiger partial charge is 0.379 e. The van der Waals surface area contributed by atoms with Crippen LogP contribution in [0.3, 0.4) is 0 Å². The summed E-state index contributed by atoms with van der Waals surface area (Å²) < 4.78 is 21.0. The van der Waals surface area contributed by atoms with Crippen molar-refractivity contribution >= 4 is 5.91 Å².